The van der Waals surface area contributed by atoms with Crippen LogP contribution in [0.1, 0.15) is 52.1 Å². The predicted octanol–water partition coefficient (Wildman–Crippen LogP) is 3.32. The Morgan fingerprint density at radius 3 is 2.77 bits per heavy atom. The third-order valence-corrected chi connectivity index (χ3v) is 4.27. The van der Waals surface area contributed by atoms with Crippen LogP contribution in [0.4, 0.5) is 4.79 Å². The molecule has 22 heavy (non-hydrogen) atoms. The zero-order valence-corrected chi connectivity index (χ0v) is 14.4. The van der Waals surface area contributed by atoms with Gasteiger partial charge in [-0.25, -0.2) is 4.79 Å². The van der Waals surface area contributed by atoms with Gasteiger partial charge in [-0.1, -0.05) is 0 Å². The smallest absolute Gasteiger partial charge is 0.408 e. The van der Waals surface area contributed by atoms with E-state index in [0.717, 1.165) is 19.4 Å². The maximum absolute atomic E-state index is 12.6. The van der Waals surface area contributed by atoms with E-state index in [0.29, 0.717) is 0 Å². The second-order valence-electron chi connectivity index (χ2n) is 6.61. The highest BCUT2D eigenvalue weighted by Crippen LogP contribution is 2.33. The lowest BCUT2D eigenvalue weighted by atomic mass is 10.1. The molecular weight excluding hydrogens is 300 g/mol. The molecule has 1 fully saturated rings. The average molecular weight is 324 g/mol. The fourth-order valence-electron chi connectivity index (χ4n) is 2.64. The highest BCUT2D eigenvalue weighted by molar-refractivity contribution is 7.07. The molecule has 2 atom stereocenters. The lowest BCUT2D eigenvalue weighted by Gasteiger charge is -2.28. The van der Waals surface area contributed by atoms with Gasteiger partial charge in [0.25, 0.3) is 0 Å². The molecule has 122 valence electrons. The Labute approximate surface area is 135 Å². The van der Waals surface area contributed by atoms with Gasteiger partial charge >= 0.3 is 6.09 Å². The van der Waals surface area contributed by atoms with Gasteiger partial charge in [0.15, 0.2) is 0 Å². The van der Waals surface area contributed by atoms with E-state index in [1.165, 1.54) is 5.56 Å². The number of carbonyl (C=O) groups excluding carboxylic acids is 2. The van der Waals surface area contributed by atoms with Crippen LogP contribution in [0.25, 0.3) is 0 Å². The second kappa shape index (κ2) is 6.69. The minimum Gasteiger partial charge on any atom is -0.444 e. The summed E-state index contributed by atoms with van der Waals surface area (Å²) in [5.74, 6) is -0.0560. The summed E-state index contributed by atoms with van der Waals surface area (Å²) < 4.78 is 5.20. The van der Waals surface area contributed by atoms with Crippen LogP contribution < -0.4 is 5.32 Å². The number of nitrogens with zero attached hydrogens (tertiary/aromatic N) is 1. The summed E-state index contributed by atoms with van der Waals surface area (Å²) in [4.78, 5) is 26.3. The number of carbonyl (C=O) groups is 2. The van der Waals surface area contributed by atoms with E-state index < -0.39 is 17.7 Å². The molecule has 0 radical (unpaired) electrons. The molecule has 6 heteroatoms. The van der Waals surface area contributed by atoms with E-state index in [9.17, 15) is 9.59 Å². The number of hydrogen-bond acceptors (Lipinski definition) is 4. The summed E-state index contributed by atoms with van der Waals surface area (Å²) in [6.07, 6.45) is 1.41. The Morgan fingerprint density at radius 2 is 2.18 bits per heavy atom. The molecule has 2 heterocycles. The summed E-state index contributed by atoms with van der Waals surface area (Å²) in [6, 6.07) is 1.60. The third-order valence-electron chi connectivity index (χ3n) is 3.57. The number of hydrogen-bond donors (Lipinski definition) is 1. The standard InChI is InChI=1S/C16H24N2O3S/c1-11(17-15(20)21-16(2,3)4)14(19)18-8-5-6-13(18)12-7-9-22-10-12/h7,9-11,13H,5-6,8H2,1-4H3,(H,17,20)/t11-,13-/m0/s1. The Balaban J connectivity index is 1.96. The summed E-state index contributed by atoms with van der Waals surface area (Å²) in [7, 11) is 0. The molecule has 0 bridgehead atoms. The van der Waals surface area contributed by atoms with Crippen molar-refractivity contribution in [3.8, 4) is 0 Å². The Hall–Kier alpha value is -1.56. The van der Waals surface area contributed by atoms with Gasteiger partial charge in [0.1, 0.15) is 11.6 Å². The molecule has 5 nitrogen and oxygen atoms in total. The molecule has 1 N–H and O–H groups in total. The quantitative estimate of drug-likeness (QED) is 0.928. The van der Waals surface area contributed by atoms with E-state index in [1.54, 1.807) is 39.0 Å². The molecule has 0 unspecified atom stereocenters. The normalized spacial score (nSPS) is 19.8. The van der Waals surface area contributed by atoms with Gasteiger partial charge in [0.2, 0.25) is 5.91 Å². The number of likely N-dealkylation sites (tertiary alicyclic amines) is 1. The molecule has 0 saturated carbocycles. The van der Waals surface area contributed by atoms with Crippen LogP contribution >= 0.6 is 11.3 Å². The molecule has 1 aliphatic rings. The van der Waals surface area contributed by atoms with E-state index >= 15 is 0 Å². The van der Waals surface area contributed by atoms with Crippen LogP contribution in [0.5, 0.6) is 0 Å². The maximum Gasteiger partial charge on any atom is 0.408 e. The molecule has 2 amide bonds. The first-order valence-corrected chi connectivity index (χ1v) is 8.54. The number of nitrogens with one attached hydrogen (secondary N) is 1. The number of ether oxygens (including phenoxy) is 1. The summed E-state index contributed by atoms with van der Waals surface area (Å²) >= 11 is 1.64. The number of alkyl carbamates (subject to hydrolysis) is 1. The van der Waals surface area contributed by atoms with Crippen LogP contribution in [0.2, 0.25) is 0 Å². The van der Waals surface area contributed by atoms with Crippen molar-refractivity contribution in [3.63, 3.8) is 0 Å². The summed E-state index contributed by atoms with van der Waals surface area (Å²) in [5, 5.41) is 6.74. The first-order chi connectivity index (χ1) is 10.3. The van der Waals surface area contributed by atoms with Crippen molar-refractivity contribution in [2.24, 2.45) is 0 Å². The fraction of sp³-hybridized carbons (Fsp3) is 0.625. The molecule has 0 spiro atoms. The van der Waals surface area contributed by atoms with Gasteiger partial charge in [0, 0.05) is 6.54 Å². The van der Waals surface area contributed by atoms with Gasteiger partial charge in [0.05, 0.1) is 6.04 Å². The molecular formula is C16H24N2O3S. The number of amides is 2. The van der Waals surface area contributed by atoms with Crippen molar-refractivity contribution in [3.05, 3.63) is 22.4 Å². The Morgan fingerprint density at radius 1 is 1.45 bits per heavy atom. The fourth-order valence-corrected chi connectivity index (χ4v) is 3.34. The summed E-state index contributed by atoms with van der Waals surface area (Å²) in [6.45, 7) is 7.83. The van der Waals surface area contributed by atoms with Crippen molar-refractivity contribution >= 4 is 23.3 Å². The van der Waals surface area contributed by atoms with E-state index in [-0.39, 0.29) is 11.9 Å². The van der Waals surface area contributed by atoms with Gasteiger partial charge in [-0.15, -0.1) is 0 Å². The minimum atomic E-state index is -0.589. The highest BCUT2D eigenvalue weighted by atomic mass is 32.1. The SMILES string of the molecule is C[C@H](NC(=O)OC(C)(C)C)C(=O)N1CCC[C@H]1c1ccsc1. The minimum absolute atomic E-state index is 0.0560. The van der Waals surface area contributed by atoms with Gasteiger partial charge in [-0.2, -0.15) is 11.3 Å². The zero-order valence-electron chi connectivity index (χ0n) is 13.6. The van der Waals surface area contributed by atoms with Gasteiger partial charge < -0.3 is 15.0 Å². The topological polar surface area (TPSA) is 58.6 Å². The highest BCUT2D eigenvalue weighted by Gasteiger charge is 2.33. The zero-order chi connectivity index (χ0) is 16.3. The molecule has 0 aromatic carbocycles. The van der Waals surface area contributed by atoms with E-state index in [4.69, 9.17) is 4.74 Å². The van der Waals surface area contributed by atoms with Crippen LogP contribution in [0.3, 0.4) is 0 Å². The second-order valence-corrected chi connectivity index (χ2v) is 7.39. The third kappa shape index (κ3) is 4.22. The molecule has 1 saturated heterocycles. The number of thiophene rings is 1. The Bertz CT molecular complexity index is 522. The van der Waals surface area contributed by atoms with Crippen LogP contribution in [0, 0.1) is 0 Å². The van der Waals surface area contributed by atoms with Crippen molar-refractivity contribution in [2.45, 2.75) is 58.2 Å². The molecule has 1 aromatic rings. The van der Waals surface area contributed by atoms with E-state index in [1.807, 2.05) is 10.3 Å². The van der Waals surface area contributed by atoms with Crippen LogP contribution in [0.15, 0.2) is 16.8 Å². The van der Waals surface area contributed by atoms with E-state index in [2.05, 4.69) is 16.8 Å². The van der Waals surface area contributed by atoms with Crippen molar-refractivity contribution in [2.75, 3.05) is 6.54 Å². The first kappa shape index (κ1) is 16.8. The lowest BCUT2D eigenvalue weighted by molar-refractivity contribution is -0.134. The monoisotopic (exact) mass is 324 g/mol. The average Bonchev–Trinajstić information content (AvgIpc) is 3.05. The van der Waals surface area contributed by atoms with Crippen molar-refractivity contribution in [1.29, 1.82) is 0 Å². The largest absolute Gasteiger partial charge is 0.444 e. The number of rotatable bonds is 3. The van der Waals surface area contributed by atoms with Crippen molar-refractivity contribution < 1.29 is 14.3 Å². The van der Waals surface area contributed by atoms with Crippen LogP contribution in [-0.4, -0.2) is 35.1 Å². The summed E-state index contributed by atoms with van der Waals surface area (Å²) in [5.41, 5.74) is 0.611. The molecule has 1 aromatic heterocycles. The Kier molecular flexibility index (Phi) is 5.11. The first-order valence-electron chi connectivity index (χ1n) is 7.60. The maximum atomic E-state index is 12.6. The molecule has 0 aliphatic carbocycles. The van der Waals surface area contributed by atoms with Crippen LogP contribution in [-0.2, 0) is 9.53 Å². The molecule has 1 aliphatic heterocycles. The molecule has 2 rings (SSSR count). The van der Waals surface area contributed by atoms with Gasteiger partial charge in [-0.3, -0.25) is 4.79 Å². The lowest BCUT2D eigenvalue weighted by Crippen LogP contribution is -2.47. The van der Waals surface area contributed by atoms with Crippen molar-refractivity contribution in [1.82, 2.24) is 10.2 Å². The predicted molar refractivity (Wildman–Crippen MR) is 86.8 cm³/mol. The van der Waals surface area contributed by atoms with Gasteiger partial charge in [-0.05, 0) is 62.9 Å².